The number of hydrogen-bond donors (Lipinski definition) is 1. The summed E-state index contributed by atoms with van der Waals surface area (Å²) in [5.74, 6) is -3.95. The van der Waals surface area contributed by atoms with Gasteiger partial charge in [-0.2, -0.15) is 0 Å². The van der Waals surface area contributed by atoms with E-state index >= 15 is 0 Å². The smallest absolute Gasteiger partial charge is 0.335 e. The van der Waals surface area contributed by atoms with Gasteiger partial charge in [-0.1, -0.05) is 6.07 Å². The van der Waals surface area contributed by atoms with Crippen molar-refractivity contribution in [2.45, 2.75) is 6.42 Å². The number of carbonyl (C=O) groups is 1. The Morgan fingerprint density at radius 2 is 2.00 bits per heavy atom. The molecule has 0 aliphatic heterocycles. The lowest BCUT2D eigenvalue weighted by Crippen LogP contribution is -2.06. The van der Waals surface area contributed by atoms with E-state index in [2.05, 4.69) is 0 Å². The van der Waals surface area contributed by atoms with E-state index in [1.54, 1.807) is 0 Å². The monoisotopic (exact) mass is 284 g/mol. The molecule has 1 N–H and O–H groups in total. The predicted molar refractivity (Wildman–Crippen MR) is 66.8 cm³/mol. The van der Waals surface area contributed by atoms with Gasteiger partial charge in [0.15, 0.2) is 17.4 Å². The van der Waals surface area contributed by atoms with Crippen LogP contribution in [0.4, 0.5) is 8.78 Å². The lowest BCUT2D eigenvalue weighted by atomic mass is 10.2. The lowest BCUT2D eigenvalue weighted by Gasteiger charge is -2.08. The zero-order chi connectivity index (χ0) is 13.8. The molecule has 0 unspecified atom stereocenters. The molecule has 3 nitrogen and oxygen atoms in total. The van der Waals surface area contributed by atoms with Gasteiger partial charge in [-0.3, -0.25) is 0 Å². The molecule has 0 fully saturated rings. The van der Waals surface area contributed by atoms with Crippen molar-refractivity contribution in [3.05, 3.63) is 51.7 Å². The third-order valence-corrected chi connectivity index (χ3v) is 3.36. The van der Waals surface area contributed by atoms with Crippen molar-refractivity contribution in [3.8, 4) is 5.75 Å². The van der Waals surface area contributed by atoms with Gasteiger partial charge in [0, 0.05) is 11.3 Å². The van der Waals surface area contributed by atoms with E-state index in [9.17, 15) is 13.6 Å². The molecule has 6 heteroatoms. The van der Waals surface area contributed by atoms with Crippen LogP contribution in [0.3, 0.4) is 0 Å². The van der Waals surface area contributed by atoms with Crippen LogP contribution in [0.1, 0.15) is 15.2 Å². The molecule has 100 valence electrons. The van der Waals surface area contributed by atoms with Gasteiger partial charge in [0.25, 0.3) is 0 Å². The Morgan fingerprint density at radius 3 is 2.53 bits per heavy atom. The van der Waals surface area contributed by atoms with Crippen molar-refractivity contribution in [1.82, 2.24) is 0 Å². The fourth-order valence-electron chi connectivity index (χ4n) is 1.53. The molecule has 0 aliphatic rings. The fourth-order valence-corrected chi connectivity index (χ4v) is 2.22. The number of halogens is 2. The number of carboxylic acid groups (broad SMARTS) is 1. The maximum Gasteiger partial charge on any atom is 0.335 e. The zero-order valence-corrected chi connectivity index (χ0v) is 10.5. The van der Waals surface area contributed by atoms with E-state index in [1.807, 2.05) is 17.5 Å². The normalized spacial score (nSPS) is 10.4. The van der Waals surface area contributed by atoms with Gasteiger partial charge in [-0.05, 0) is 23.6 Å². The van der Waals surface area contributed by atoms with Crippen molar-refractivity contribution in [3.63, 3.8) is 0 Å². The number of thiophene rings is 1. The molecular weight excluding hydrogens is 274 g/mol. The van der Waals surface area contributed by atoms with Crippen LogP contribution in [-0.2, 0) is 6.42 Å². The van der Waals surface area contributed by atoms with E-state index in [4.69, 9.17) is 9.84 Å². The largest absolute Gasteiger partial charge is 0.487 e. The summed E-state index contributed by atoms with van der Waals surface area (Å²) in [6.07, 6.45) is 0.539. The predicted octanol–water partition coefficient (Wildman–Crippen LogP) is 3.35. The molecule has 0 saturated carbocycles. The second kappa shape index (κ2) is 5.79. The van der Waals surface area contributed by atoms with E-state index in [1.165, 1.54) is 11.3 Å². The Morgan fingerprint density at radius 1 is 1.32 bits per heavy atom. The average molecular weight is 284 g/mol. The van der Waals surface area contributed by atoms with Crippen LogP contribution in [0.2, 0.25) is 0 Å². The summed E-state index contributed by atoms with van der Waals surface area (Å²) in [5, 5.41) is 10.6. The van der Waals surface area contributed by atoms with Crippen LogP contribution in [-0.4, -0.2) is 17.7 Å². The first-order chi connectivity index (χ1) is 9.08. The molecule has 0 saturated heterocycles. The first kappa shape index (κ1) is 13.5. The molecule has 2 rings (SSSR count). The van der Waals surface area contributed by atoms with Gasteiger partial charge < -0.3 is 9.84 Å². The minimum atomic E-state index is -1.39. The standard InChI is InChI=1S/C13H10F2O3S/c14-10-6-8(13(16)17)7-11(15)12(10)18-4-3-9-2-1-5-19-9/h1-2,5-7H,3-4H2,(H,16,17). The van der Waals surface area contributed by atoms with Gasteiger partial charge in [0.1, 0.15) is 0 Å². The van der Waals surface area contributed by atoms with Gasteiger partial charge in [0.2, 0.25) is 0 Å². The van der Waals surface area contributed by atoms with Crippen molar-refractivity contribution >= 4 is 17.3 Å². The number of carboxylic acids is 1. The Labute approximate surface area is 112 Å². The molecular formula is C13H10F2O3S. The summed E-state index contributed by atoms with van der Waals surface area (Å²) >= 11 is 1.53. The Balaban J connectivity index is 2.06. The van der Waals surface area contributed by atoms with Crippen LogP contribution in [0.5, 0.6) is 5.75 Å². The highest BCUT2D eigenvalue weighted by Gasteiger charge is 2.15. The maximum absolute atomic E-state index is 13.5. The first-order valence-corrected chi connectivity index (χ1v) is 6.33. The molecule has 0 spiro atoms. The molecule has 1 aromatic heterocycles. The fraction of sp³-hybridized carbons (Fsp3) is 0.154. The molecule has 0 bridgehead atoms. The highest BCUT2D eigenvalue weighted by atomic mass is 32.1. The molecule has 0 radical (unpaired) electrons. The van der Waals surface area contributed by atoms with Crippen LogP contribution < -0.4 is 4.74 Å². The molecule has 1 heterocycles. The lowest BCUT2D eigenvalue weighted by molar-refractivity contribution is 0.0695. The first-order valence-electron chi connectivity index (χ1n) is 5.45. The molecule has 19 heavy (non-hydrogen) atoms. The highest BCUT2D eigenvalue weighted by Crippen LogP contribution is 2.23. The Kier molecular flexibility index (Phi) is 4.11. The topological polar surface area (TPSA) is 46.5 Å². The Hall–Kier alpha value is -1.95. The Bertz CT molecular complexity index is 559. The molecule has 0 atom stereocenters. The van der Waals surface area contributed by atoms with Crippen molar-refractivity contribution in [2.75, 3.05) is 6.61 Å². The minimum Gasteiger partial charge on any atom is -0.487 e. The number of aromatic carboxylic acids is 1. The quantitative estimate of drug-likeness (QED) is 0.916. The van der Waals surface area contributed by atoms with Gasteiger partial charge in [-0.25, -0.2) is 13.6 Å². The summed E-state index contributed by atoms with van der Waals surface area (Å²) in [6.45, 7) is 0.126. The van der Waals surface area contributed by atoms with E-state index in [-0.39, 0.29) is 6.61 Å². The number of ether oxygens (including phenoxy) is 1. The van der Waals surface area contributed by atoms with Crippen LogP contribution in [0.15, 0.2) is 29.6 Å². The van der Waals surface area contributed by atoms with E-state index in [0.29, 0.717) is 6.42 Å². The second-order valence-electron chi connectivity index (χ2n) is 3.75. The van der Waals surface area contributed by atoms with E-state index < -0.39 is 28.9 Å². The summed E-state index contributed by atoms with van der Waals surface area (Å²) in [7, 11) is 0. The molecule has 0 amide bonds. The summed E-state index contributed by atoms with van der Waals surface area (Å²) < 4.78 is 32.1. The molecule has 1 aromatic carbocycles. The third kappa shape index (κ3) is 3.29. The van der Waals surface area contributed by atoms with Crippen LogP contribution >= 0.6 is 11.3 Å². The highest BCUT2D eigenvalue weighted by molar-refractivity contribution is 7.09. The summed E-state index contributed by atoms with van der Waals surface area (Å²) in [4.78, 5) is 11.7. The number of rotatable bonds is 5. The van der Waals surface area contributed by atoms with Crippen molar-refractivity contribution in [1.29, 1.82) is 0 Å². The molecule has 0 aliphatic carbocycles. The van der Waals surface area contributed by atoms with Gasteiger partial charge >= 0.3 is 5.97 Å². The van der Waals surface area contributed by atoms with Gasteiger partial charge in [-0.15, -0.1) is 11.3 Å². The minimum absolute atomic E-state index is 0.126. The van der Waals surface area contributed by atoms with Crippen molar-refractivity contribution in [2.24, 2.45) is 0 Å². The van der Waals surface area contributed by atoms with Crippen LogP contribution in [0.25, 0.3) is 0 Å². The second-order valence-corrected chi connectivity index (χ2v) is 4.78. The third-order valence-electron chi connectivity index (χ3n) is 2.42. The number of benzene rings is 1. The molecule has 2 aromatic rings. The maximum atomic E-state index is 13.5. The average Bonchev–Trinajstić information content (AvgIpc) is 2.85. The zero-order valence-electron chi connectivity index (χ0n) is 9.73. The summed E-state index contributed by atoms with van der Waals surface area (Å²) in [5.41, 5.74) is -0.444. The van der Waals surface area contributed by atoms with Crippen molar-refractivity contribution < 1.29 is 23.4 Å². The summed E-state index contributed by atoms with van der Waals surface area (Å²) in [6, 6.07) is 5.26. The van der Waals surface area contributed by atoms with Crippen LogP contribution in [0, 0.1) is 11.6 Å². The SMILES string of the molecule is O=C(O)c1cc(F)c(OCCc2cccs2)c(F)c1. The number of hydrogen-bond acceptors (Lipinski definition) is 3. The van der Waals surface area contributed by atoms with Gasteiger partial charge in [0.05, 0.1) is 12.2 Å². The van der Waals surface area contributed by atoms with E-state index in [0.717, 1.165) is 17.0 Å².